The molecule has 2 aromatic rings. The largest absolute Gasteiger partial charge is 0.507 e. The van der Waals surface area contributed by atoms with Crippen molar-refractivity contribution < 1.29 is 28.9 Å². The monoisotopic (exact) mass is 386 g/mol. The predicted molar refractivity (Wildman–Crippen MR) is 97.6 cm³/mol. The molecular weight excluding hydrogens is 367 g/mol. The van der Waals surface area contributed by atoms with Crippen molar-refractivity contribution in [3.05, 3.63) is 71.3 Å². The van der Waals surface area contributed by atoms with E-state index in [9.17, 15) is 19.1 Å². The minimum Gasteiger partial charge on any atom is -0.507 e. The predicted octanol–water partition coefficient (Wildman–Crippen LogP) is 1.65. The van der Waals surface area contributed by atoms with Gasteiger partial charge in [-0.05, 0) is 35.9 Å². The zero-order chi connectivity index (χ0) is 20.1. The maximum absolute atomic E-state index is 13.2. The maximum atomic E-state index is 13.2. The van der Waals surface area contributed by atoms with Crippen LogP contribution in [0.25, 0.3) is 5.76 Å². The number of carbonyl (C=O) groups excluding carboxylic acids is 2. The van der Waals surface area contributed by atoms with Gasteiger partial charge < -0.3 is 19.8 Å². The number of rotatable bonds is 7. The van der Waals surface area contributed by atoms with Gasteiger partial charge in [-0.25, -0.2) is 4.39 Å². The molecule has 0 bridgehead atoms. The van der Waals surface area contributed by atoms with Gasteiger partial charge in [0.1, 0.15) is 11.6 Å². The number of benzene rings is 1. The Kier molecular flexibility index (Phi) is 6.13. The van der Waals surface area contributed by atoms with E-state index in [4.69, 9.17) is 9.84 Å². The number of halogens is 1. The Labute approximate surface area is 160 Å². The smallest absolute Gasteiger partial charge is 0.295 e. The number of ketones is 1. The topological polar surface area (TPSA) is 100.0 Å². The molecular formula is C20H19FN2O5. The first-order valence-electron chi connectivity index (χ1n) is 8.67. The molecule has 1 atom stereocenters. The van der Waals surface area contributed by atoms with Crippen LogP contribution >= 0.6 is 0 Å². The Bertz CT molecular complexity index is 883. The first kappa shape index (κ1) is 19.7. The van der Waals surface area contributed by atoms with Crippen LogP contribution in [0.15, 0.2) is 54.4 Å². The Morgan fingerprint density at radius 3 is 2.57 bits per heavy atom. The number of pyridine rings is 1. The molecule has 1 saturated heterocycles. The molecule has 8 heteroatoms. The van der Waals surface area contributed by atoms with Crippen molar-refractivity contribution >= 4 is 17.4 Å². The van der Waals surface area contributed by atoms with Gasteiger partial charge in [-0.15, -0.1) is 0 Å². The summed E-state index contributed by atoms with van der Waals surface area (Å²) in [6.07, 6.45) is 3.07. The molecule has 0 radical (unpaired) electrons. The highest BCUT2D eigenvalue weighted by Crippen LogP contribution is 2.38. The number of Topliss-reactive ketones (excluding diaryl/α,β-unsaturated/α-hetero) is 1. The third-order valence-electron chi connectivity index (χ3n) is 4.37. The Morgan fingerprint density at radius 2 is 1.93 bits per heavy atom. The van der Waals surface area contributed by atoms with Gasteiger partial charge in [0.25, 0.3) is 11.7 Å². The quantitative estimate of drug-likeness (QED) is 0.325. The Hall–Kier alpha value is -3.10. The lowest BCUT2D eigenvalue weighted by Gasteiger charge is -2.24. The van der Waals surface area contributed by atoms with E-state index in [1.165, 1.54) is 23.2 Å². The second-order valence-corrected chi connectivity index (χ2v) is 6.12. The molecule has 28 heavy (non-hydrogen) atoms. The van der Waals surface area contributed by atoms with E-state index in [2.05, 4.69) is 4.98 Å². The van der Waals surface area contributed by atoms with Gasteiger partial charge in [-0.3, -0.25) is 14.6 Å². The van der Waals surface area contributed by atoms with Crippen LogP contribution in [0.3, 0.4) is 0 Å². The molecule has 0 spiro atoms. The van der Waals surface area contributed by atoms with E-state index in [0.717, 1.165) is 12.1 Å². The van der Waals surface area contributed by atoms with Crippen LogP contribution in [0, 0.1) is 5.82 Å². The van der Waals surface area contributed by atoms with Crippen molar-refractivity contribution in [2.24, 2.45) is 0 Å². The number of aliphatic hydroxyl groups is 2. The molecule has 146 valence electrons. The van der Waals surface area contributed by atoms with Crippen LogP contribution in [0.1, 0.15) is 17.2 Å². The molecule has 3 rings (SSSR count). The van der Waals surface area contributed by atoms with E-state index < -0.39 is 23.5 Å². The third kappa shape index (κ3) is 3.92. The second-order valence-electron chi connectivity index (χ2n) is 6.12. The number of aromatic nitrogens is 1. The fraction of sp³-hybridized carbons (Fsp3) is 0.250. The van der Waals surface area contributed by atoms with Gasteiger partial charge in [0, 0.05) is 24.5 Å². The van der Waals surface area contributed by atoms with Gasteiger partial charge in [0.2, 0.25) is 0 Å². The van der Waals surface area contributed by atoms with Crippen molar-refractivity contribution in [1.29, 1.82) is 0 Å². The van der Waals surface area contributed by atoms with Crippen LogP contribution in [0.2, 0.25) is 0 Å². The molecule has 1 aromatic heterocycles. The molecule has 1 amide bonds. The summed E-state index contributed by atoms with van der Waals surface area (Å²) in [5, 5.41) is 19.5. The third-order valence-corrected chi connectivity index (χ3v) is 4.37. The summed E-state index contributed by atoms with van der Waals surface area (Å²) >= 11 is 0. The summed E-state index contributed by atoms with van der Waals surface area (Å²) in [6.45, 7) is 0.151. The summed E-state index contributed by atoms with van der Waals surface area (Å²) in [6, 6.07) is 7.50. The highest BCUT2D eigenvalue weighted by molar-refractivity contribution is 6.46. The van der Waals surface area contributed by atoms with E-state index in [-0.39, 0.29) is 43.3 Å². The number of hydrogen-bond donors (Lipinski definition) is 2. The summed E-state index contributed by atoms with van der Waals surface area (Å²) in [5.41, 5.74) is 0.684. The van der Waals surface area contributed by atoms with Gasteiger partial charge >= 0.3 is 0 Å². The van der Waals surface area contributed by atoms with Gasteiger partial charge in [0.05, 0.1) is 31.4 Å². The number of amides is 1. The van der Waals surface area contributed by atoms with E-state index in [1.807, 2.05) is 0 Å². The minimum atomic E-state index is -0.850. The van der Waals surface area contributed by atoms with E-state index >= 15 is 0 Å². The average molecular weight is 386 g/mol. The molecule has 1 unspecified atom stereocenters. The first-order chi connectivity index (χ1) is 13.5. The minimum absolute atomic E-state index is 0.0876. The summed E-state index contributed by atoms with van der Waals surface area (Å²) in [7, 11) is 0. The van der Waals surface area contributed by atoms with Crippen LogP contribution in [-0.2, 0) is 14.3 Å². The summed E-state index contributed by atoms with van der Waals surface area (Å²) in [5.74, 6) is -2.48. The van der Waals surface area contributed by atoms with E-state index in [1.54, 1.807) is 18.3 Å². The lowest BCUT2D eigenvalue weighted by Crippen LogP contribution is -2.33. The highest BCUT2D eigenvalue weighted by Gasteiger charge is 2.45. The molecule has 1 aromatic carbocycles. The number of hydrogen-bond acceptors (Lipinski definition) is 6. The fourth-order valence-corrected chi connectivity index (χ4v) is 3.09. The van der Waals surface area contributed by atoms with Crippen molar-refractivity contribution in [1.82, 2.24) is 9.88 Å². The zero-order valence-corrected chi connectivity index (χ0v) is 14.9. The zero-order valence-electron chi connectivity index (χ0n) is 14.9. The number of nitrogens with zero attached hydrogens (tertiary/aromatic N) is 2. The first-order valence-corrected chi connectivity index (χ1v) is 8.67. The van der Waals surface area contributed by atoms with Crippen LogP contribution < -0.4 is 0 Å². The lowest BCUT2D eigenvalue weighted by atomic mass is 9.96. The van der Waals surface area contributed by atoms with Crippen molar-refractivity contribution in [3.63, 3.8) is 0 Å². The number of ether oxygens (including phenoxy) is 1. The number of aliphatic hydroxyl groups excluding tert-OH is 2. The number of likely N-dealkylation sites (tertiary alicyclic amines) is 1. The maximum Gasteiger partial charge on any atom is 0.295 e. The Balaban J connectivity index is 2.03. The second kappa shape index (κ2) is 8.73. The molecule has 2 N–H and O–H groups in total. The molecule has 1 aliphatic heterocycles. The van der Waals surface area contributed by atoms with E-state index in [0.29, 0.717) is 5.56 Å². The Morgan fingerprint density at radius 1 is 1.18 bits per heavy atom. The average Bonchev–Trinajstić information content (AvgIpc) is 2.97. The van der Waals surface area contributed by atoms with Crippen LogP contribution in [0.4, 0.5) is 4.39 Å². The fourth-order valence-electron chi connectivity index (χ4n) is 3.09. The molecule has 0 aliphatic carbocycles. The van der Waals surface area contributed by atoms with Crippen LogP contribution in [-0.4, -0.2) is 58.2 Å². The van der Waals surface area contributed by atoms with Gasteiger partial charge in [0.15, 0.2) is 0 Å². The van der Waals surface area contributed by atoms with Gasteiger partial charge in [-0.2, -0.15) is 0 Å². The molecule has 0 saturated carbocycles. The van der Waals surface area contributed by atoms with Crippen LogP contribution in [0.5, 0.6) is 0 Å². The van der Waals surface area contributed by atoms with Crippen molar-refractivity contribution in [2.45, 2.75) is 6.04 Å². The summed E-state index contributed by atoms with van der Waals surface area (Å²) in [4.78, 5) is 30.6. The molecule has 7 nitrogen and oxygen atoms in total. The van der Waals surface area contributed by atoms with Crippen molar-refractivity contribution in [2.75, 3.05) is 26.4 Å². The highest BCUT2D eigenvalue weighted by atomic mass is 19.1. The van der Waals surface area contributed by atoms with Crippen molar-refractivity contribution in [3.8, 4) is 0 Å². The number of carbonyl (C=O) groups is 2. The molecule has 2 heterocycles. The summed E-state index contributed by atoms with van der Waals surface area (Å²) < 4.78 is 18.4. The molecule has 1 aliphatic rings. The standard InChI is InChI=1S/C20H19FN2O5/c21-15-5-3-13(4-6-15)18(25)16-17(14-2-1-7-22-12-14)23(20(27)19(16)26)8-10-28-11-9-24/h1-7,12,17,24-25H,8-11H2/b18-16-. The molecule has 1 fully saturated rings. The lowest BCUT2D eigenvalue weighted by molar-refractivity contribution is -0.140. The normalized spacial score (nSPS) is 18.6. The SMILES string of the molecule is O=C1C(=O)N(CCOCCO)C(c2cccnc2)/C1=C(/O)c1ccc(F)cc1. The van der Waals surface area contributed by atoms with Gasteiger partial charge in [-0.1, -0.05) is 6.07 Å².